The van der Waals surface area contributed by atoms with Crippen molar-refractivity contribution in [1.29, 1.82) is 0 Å². The molecular formula is C14H32N2Si. The van der Waals surface area contributed by atoms with Crippen LogP contribution in [-0.4, -0.2) is 50.1 Å². The first kappa shape index (κ1) is 16.9. The number of hydrogen-bond donors (Lipinski definition) is 0. The van der Waals surface area contributed by atoms with Crippen LogP contribution in [0.1, 0.15) is 41.5 Å². The summed E-state index contributed by atoms with van der Waals surface area (Å²) in [7, 11) is -0.947. The molecule has 0 saturated heterocycles. The molecule has 0 bridgehead atoms. The van der Waals surface area contributed by atoms with Gasteiger partial charge in [-0.25, -0.2) is 0 Å². The van der Waals surface area contributed by atoms with Crippen molar-refractivity contribution in [3.63, 3.8) is 0 Å². The first-order valence-corrected chi connectivity index (χ1v) is 9.55. The van der Waals surface area contributed by atoms with E-state index in [0.717, 1.165) is 26.2 Å². The highest BCUT2D eigenvalue weighted by molar-refractivity contribution is 6.66. The summed E-state index contributed by atoms with van der Waals surface area (Å²) >= 11 is 0. The minimum absolute atomic E-state index is 0.263. The van der Waals surface area contributed by atoms with Crippen LogP contribution >= 0.6 is 0 Å². The average molecular weight is 257 g/mol. The highest BCUT2D eigenvalue weighted by Crippen LogP contribution is 2.24. The Hall–Kier alpha value is -0.123. The van der Waals surface area contributed by atoms with Crippen LogP contribution < -0.4 is 0 Å². The van der Waals surface area contributed by atoms with Gasteiger partial charge in [0.15, 0.2) is 0 Å². The van der Waals surface area contributed by atoms with Crippen molar-refractivity contribution in [2.45, 2.75) is 53.4 Å². The van der Waals surface area contributed by atoms with Crippen molar-refractivity contribution in [2.75, 3.05) is 26.2 Å². The molecule has 0 heterocycles. The van der Waals surface area contributed by atoms with E-state index in [1.165, 1.54) is 0 Å². The minimum Gasteiger partial charge on any atom is -0.289 e. The van der Waals surface area contributed by atoms with Gasteiger partial charge in [0.25, 0.3) is 0 Å². The summed E-state index contributed by atoms with van der Waals surface area (Å²) in [5.41, 5.74) is 2.47. The molecule has 0 fully saturated rings. The molecule has 2 nitrogen and oxygen atoms in total. The molecule has 0 aliphatic rings. The summed E-state index contributed by atoms with van der Waals surface area (Å²) in [4.78, 5) is 5.27. The minimum atomic E-state index is -0.947. The van der Waals surface area contributed by atoms with E-state index in [-0.39, 0.29) is 5.29 Å². The predicted octanol–water partition coefficient (Wildman–Crippen LogP) is 2.90. The summed E-state index contributed by atoms with van der Waals surface area (Å²) in [6.07, 6.45) is 2.24. The molecule has 1 unspecified atom stereocenters. The molecule has 0 rings (SSSR count). The van der Waals surface area contributed by atoms with Gasteiger partial charge >= 0.3 is 0 Å². The second-order valence-electron chi connectivity index (χ2n) is 4.75. The second kappa shape index (κ2) is 8.06. The van der Waals surface area contributed by atoms with Gasteiger partial charge in [-0.1, -0.05) is 46.0 Å². The predicted molar refractivity (Wildman–Crippen MR) is 82.1 cm³/mol. The molecule has 0 aromatic heterocycles. The Kier molecular flexibility index (Phi) is 8.00. The Morgan fingerprint density at radius 3 is 1.53 bits per heavy atom. The first-order chi connectivity index (χ1) is 8.02. The Bertz CT molecular complexity index is 208. The molecular weight excluding hydrogens is 224 g/mol. The summed E-state index contributed by atoms with van der Waals surface area (Å²) in [6, 6.07) is 0. The molecule has 0 aromatic rings. The monoisotopic (exact) mass is 256 g/mol. The highest BCUT2D eigenvalue weighted by atomic mass is 28.3. The van der Waals surface area contributed by atoms with Gasteiger partial charge < -0.3 is 0 Å². The van der Waals surface area contributed by atoms with E-state index in [9.17, 15) is 0 Å². The smallest absolute Gasteiger partial charge is 0.0988 e. The van der Waals surface area contributed by atoms with Crippen molar-refractivity contribution in [3.05, 3.63) is 11.8 Å². The SMILES string of the molecule is CC=C[SiH](C)C(C)(N(CC)CC)N(CC)CC. The maximum atomic E-state index is 2.64. The van der Waals surface area contributed by atoms with Crippen molar-refractivity contribution in [1.82, 2.24) is 9.80 Å². The number of rotatable bonds is 8. The molecule has 0 radical (unpaired) electrons. The number of allylic oxidation sites excluding steroid dienone is 1. The fourth-order valence-corrected chi connectivity index (χ4v) is 5.80. The Morgan fingerprint density at radius 1 is 0.941 bits per heavy atom. The molecule has 0 spiro atoms. The zero-order valence-corrected chi connectivity index (χ0v) is 14.1. The number of hydrogen-bond acceptors (Lipinski definition) is 2. The van der Waals surface area contributed by atoms with Gasteiger partial charge in [-0.15, -0.1) is 0 Å². The quantitative estimate of drug-likeness (QED) is 0.487. The van der Waals surface area contributed by atoms with E-state index in [0.29, 0.717) is 0 Å². The van der Waals surface area contributed by atoms with E-state index < -0.39 is 8.80 Å². The zero-order valence-electron chi connectivity index (χ0n) is 13.0. The molecule has 0 saturated carbocycles. The lowest BCUT2D eigenvalue weighted by Gasteiger charge is -2.50. The summed E-state index contributed by atoms with van der Waals surface area (Å²) < 4.78 is 0. The van der Waals surface area contributed by atoms with Crippen LogP contribution in [0.4, 0.5) is 0 Å². The van der Waals surface area contributed by atoms with Crippen LogP contribution in [-0.2, 0) is 0 Å². The Morgan fingerprint density at radius 2 is 1.29 bits per heavy atom. The standard InChI is InChI=1S/C14H32N2Si/c1-8-13-17(7)14(6,15(9-2)10-3)16(11-4)12-5/h8,13,17H,9-12H2,1-7H3. The second-order valence-corrected chi connectivity index (χ2v) is 7.81. The van der Waals surface area contributed by atoms with Crippen LogP contribution in [0.5, 0.6) is 0 Å². The molecule has 102 valence electrons. The summed E-state index contributed by atoms with van der Waals surface area (Å²) in [6.45, 7) is 20.7. The van der Waals surface area contributed by atoms with E-state index >= 15 is 0 Å². The zero-order chi connectivity index (χ0) is 13.5. The van der Waals surface area contributed by atoms with Gasteiger partial charge in [-0.05, 0) is 40.0 Å². The third kappa shape index (κ3) is 3.67. The average Bonchev–Trinajstić information content (AvgIpc) is 2.32. The third-order valence-electron chi connectivity index (χ3n) is 4.15. The maximum Gasteiger partial charge on any atom is 0.0988 e. The molecule has 0 aliphatic heterocycles. The van der Waals surface area contributed by atoms with Crippen LogP contribution in [0, 0.1) is 0 Å². The van der Waals surface area contributed by atoms with Crippen LogP contribution in [0.25, 0.3) is 0 Å². The van der Waals surface area contributed by atoms with Crippen LogP contribution in [0.15, 0.2) is 11.8 Å². The maximum absolute atomic E-state index is 2.64. The lowest BCUT2D eigenvalue weighted by molar-refractivity contribution is 0.0280. The normalized spacial score (nSPS) is 15.1. The van der Waals surface area contributed by atoms with E-state index in [1.807, 2.05) is 0 Å². The van der Waals surface area contributed by atoms with Crippen molar-refractivity contribution in [3.8, 4) is 0 Å². The van der Waals surface area contributed by atoms with E-state index in [1.54, 1.807) is 0 Å². The molecule has 0 aliphatic carbocycles. The van der Waals surface area contributed by atoms with Gasteiger partial charge in [0, 0.05) is 0 Å². The van der Waals surface area contributed by atoms with E-state index in [4.69, 9.17) is 0 Å². The fraction of sp³-hybridized carbons (Fsp3) is 0.857. The molecule has 3 heteroatoms. The lowest BCUT2D eigenvalue weighted by Crippen LogP contribution is -2.65. The fourth-order valence-electron chi connectivity index (χ4n) is 2.97. The van der Waals surface area contributed by atoms with Gasteiger partial charge in [0.05, 0.1) is 14.1 Å². The lowest BCUT2D eigenvalue weighted by atomic mass is 10.3. The van der Waals surface area contributed by atoms with Crippen molar-refractivity contribution < 1.29 is 0 Å². The topological polar surface area (TPSA) is 6.48 Å². The van der Waals surface area contributed by atoms with Crippen LogP contribution in [0.3, 0.4) is 0 Å². The van der Waals surface area contributed by atoms with Gasteiger partial charge in [0.2, 0.25) is 0 Å². The van der Waals surface area contributed by atoms with E-state index in [2.05, 4.69) is 69.7 Å². The molecule has 0 aromatic carbocycles. The van der Waals surface area contributed by atoms with Crippen LogP contribution in [0.2, 0.25) is 6.55 Å². The van der Waals surface area contributed by atoms with Crippen molar-refractivity contribution in [2.24, 2.45) is 0 Å². The third-order valence-corrected chi connectivity index (χ3v) is 7.57. The Balaban J connectivity index is 5.30. The first-order valence-electron chi connectivity index (χ1n) is 7.15. The van der Waals surface area contributed by atoms with Gasteiger partial charge in [-0.2, -0.15) is 0 Å². The highest BCUT2D eigenvalue weighted by Gasteiger charge is 2.39. The van der Waals surface area contributed by atoms with Crippen molar-refractivity contribution >= 4 is 8.80 Å². The summed E-state index contributed by atoms with van der Waals surface area (Å²) in [5, 5.41) is 0.263. The molecule has 1 atom stereocenters. The summed E-state index contributed by atoms with van der Waals surface area (Å²) in [5.74, 6) is 0. The molecule has 17 heavy (non-hydrogen) atoms. The Labute approximate surface area is 110 Å². The molecule has 0 N–H and O–H groups in total. The largest absolute Gasteiger partial charge is 0.289 e. The molecule has 0 amide bonds. The van der Waals surface area contributed by atoms with Gasteiger partial charge in [0.1, 0.15) is 0 Å². The van der Waals surface area contributed by atoms with Gasteiger partial charge in [-0.3, -0.25) is 9.80 Å². The number of nitrogens with zero attached hydrogens (tertiary/aromatic N) is 2.